The number of azide groups is 1. The Morgan fingerprint density at radius 1 is 1.15 bits per heavy atom. The van der Waals surface area contributed by atoms with Crippen molar-refractivity contribution in [3.63, 3.8) is 0 Å². The van der Waals surface area contributed by atoms with E-state index in [-0.39, 0.29) is 17.7 Å². The molecule has 8 nitrogen and oxygen atoms in total. The molecule has 1 aliphatic heterocycles. The summed E-state index contributed by atoms with van der Waals surface area (Å²) in [7, 11) is 1.45. The van der Waals surface area contributed by atoms with Gasteiger partial charge >= 0.3 is 6.09 Å². The van der Waals surface area contributed by atoms with Crippen LogP contribution < -0.4 is 15.1 Å². The lowest BCUT2D eigenvalue weighted by molar-refractivity contribution is 0.145. The number of anilines is 1. The van der Waals surface area contributed by atoms with Gasteiger partial charge in [-0.2, -0.15) is 0 Å². The molecule has 1 amide bonds. The number of benzene rings is 1. The van der Waals surface area contributed by atoms with Gasteiger partial charge in [0.25, 0.3) is 0 Å². The highest BCUT2D eigenvalue weighted by atomic mass is 16.6. The highest BCUT2D eigenvalue weighted by molar-refractivity contribution is 5.90. The van der Waals surface area contributed by atoms with Crippen LogP contribution >= 0.6 is 0 Å². The number of cyclic esters (lactones) is 1. The van der Waals surface area contributed by atoms with Crippen molar-refractivity contribution in [1.29, 1.82) is 0 Å². The minimum absolute atomic E-state index is 0.108. The van der Waals surface area contributed by atoms with E-state index >= 15 is 0 Å². The maximum atomic E-state index is 12.0. The molecule has 1 saturated heterocycles. The average molecular weight is 352 g/mol. The molecule has 1 heterocycles. The summed E-state index contributed by atoms with van der Waals surface area (Å²) >= 11 is 0. The van der Waals surface area contributed by atoms with E-state index in [0.29, 0.717) is 12.2 Å². The third-order valence-electron chi connectivity index (χ3n) is 4.03. The Morgan fingerprint density at radius 3 is 2.46 bits per heavy atom. The fourth-order valence-corrected chi connectivity index (χ4v) is 2.70. The van der Waals surface area contributed by atoms with Crippen LogP contribution in [0, 0.1) is 0 Å². The number of ether oxygens (including phenoxy) is 2. The Labute approximate surface area is 149 Å². The van der Waals surface area contributed by atoms with Crippen molar-refractivity contribution in [2.75, 3.05) is 25.1 Å². The first-order valence-electron chi connectivity index (χ1n) is 7.90. The minimum Gasteiger partial charge on any atom is -0.493 e. The molecule has 1 fully saturated rings. The molecular weight excluding hydrogens is 336 g/mol. The summed E-state index contributed by atoms with van der Waals surface area (Å²) in [5.74, 6) is 0.277. The van der Waals surface area contributed by atoms with Crippen LogP contribution in [0.3, 0.4) is 0 Å². The van der Waals surface area contributed by atoms with E-state index in [2.05, 4.69) is 10.0 Å². The summed E-state index contributed by atoms with van der Waals surface area (Å²) < 4.78 is 10.2. The predicted octanol–water partition coefficient (Wildman–Crippen LogP) is 3.36. The average Bonchev–Trinajstić information content (AvgIpc) is 2.92. The second kappa shape index (κ2) is 7.58. The summed E-state index contributed by atoms with van der Waals surface area (Å²) in [6.07, 6.45) is -0.920. The normalized spacial score (nSPS) is 16.0. The number of methoxy groups -OCH3 is 1. The lowest BCUT2D eigenvalue weighted by Crippen LogP contribution is -2.24. The molecule has 1 aliphatic rings. The molecule has 132 valence electrons. The smallest absolute Gasteiger partial charge is 0.414 e. The van der Waals surface area contributed by atoms with Crippen molar-refractivity contribution in [2.45, 2.75) is 6.10 Å². The molecule has 0 spiro atoms. The van der Waals surface area contributed by atoms with Crippen LogP contribution in [-0.2, 0) is 4.74 Å². The Hall–Kier alpha value is -3.51. The Bertz CT molecular complexity index is 923. The van der Waals surface area contributed by atoms with E-state index in [1.54, 1.807) is 30.3 Å². The molecule has 8 heteroatoms. The predicted molar refractivity (Wildman–Crippen MR) is 96.3 cm³/mol. The van der Waals surface area contributed by atoms with Gasteiger partial charge in [0.05, 0.1) is 20.2 Å². The molecule has 1 unspecified atom stereocenters. The molecule has 0 bridgehead atoms. The lowest BCUT2D eigenvalue weighted by Gasteiger charge is -2.13. The highest BCUT2D eigenvalue weighted by Gasteiger charge is 2.31. The quantitative estimate of drug-likeness (QED) is 0.467. The zero-order chi connectivity index (χ0) is 18.5. The molecule has 3 rings (SSSR count). The third kappa shape index (κ3) is 3.60. The molecule has 0 radical (unpaired) electrons. The summed E-state index contributed by atoms with van der Waals surface area (Å²) in [6, 6.07) is 13.9. The monoisotopic (exact) mass is 352 g/mol. The number of rotatable bonds is 5. The third-order valence-corrected chi connectivity index (χ3v) is 4.03. The van der Waals surface area contributed by atoms with Gasteiger partial charge in [-0.15, -0.1) is 0 Å². The fraction of sp³-hybridized carbons (Fsp3) is 0.222. The Kier molecular flexibility index (Phi) is 5.05. The van der Waals surface area contributed by atoms with Crippen LogP contribution in [0.5, 0.6) is 5.75 Å². The SMILES string of the molecule is COc1ccc(-c2ccc(N3CC(CN=[N+]=[N-])OC3=O)cc2)ccc1=O. The largest absolute Gasteiger partial charge is 0.493 e. The molecule has 0 N–H and O–H groups in total. The van der Waals surface area contributed by atoms with Gasteiger partial charge in [0.2, 0.25) is 5.43 Å². The zero-order valence-corrected chi connectivity index (χ0v) is 14.0. The lowest BCUT2D eigenvalue weighted by atomic mass is 10.1. The van der Waals surface area contributed by atoms with E-state index < -0.39 is 12.2 Å². The molecular formula is C18H16N4O4. The van der Waals surface area contributed by atoms with Crippen LogP contribution in [0.4, 0.5) is 10.5 Å². The zero-order valence-electron chi connectivity index (χ0n) is 14.0. The van der Waals surface area contributed by atoms with E-state index in [1.807, 2.05) is 12.1 Å². The van der Waals surface area contributed by atoms with Crippen molar-refractivity contribution in [3.8, 4) is 16.9 Å². The highest BCUT2D eigenvalue weighted by Crippen LogP contribution is 2.26. The van der Waals surface area contributed by atoms with E-state index in [4.69, 9.17) is 15.0 Å². The number of hydrogen-bond acceptors (Lipinski definition) is 5. The first-order chi connectivity index (χ1) is 12.6. The van der Waals surface area contributed by atoms with Crippen LogP contribution in [0.15, 0.2) is 58.4 Å². The van der Waals surface area contributed by atoms with E-state index in [1.165, 1.54) is 18.1 Å². The molecule has 0 aliphatic carbocycles. The van der Waals surface area contributed by atoms with Crippen LogP contribution in [-0.4, -0.2) is 32.4 Å². The standard InChI is InChI=1S/C18H16N4O4/c1-25-17-9-5-13(4-8-16(17)23)12-2-6-14(7-3-12)22-11-15(10-20-21-19)26-18(22)24/h2-9,15H,10-11H2,1H3. The van der Waals surface area contributed by atoms with Crippen molar-refractivity contribution < 1.29 is 14.3 Å². The van der Waals surface area contributed by atoms with Gasteiger partial charge in [0.15, 0.2) is 5.75 Å². The Balaban J connectivity index is 1.81. The Morgan fingerprint density at radius 2 is 1.81 bits per heavy atom. The summed E-state index contributed by atoms with van der Waals surface area (Å²) in [5.41, 5.74) is 10.6. The second-order valence-electron chi connectivity index (χ2n) is 5.63. The molecule has 2 aromatic rings. The van der Waals surface area contributed by atoms with Crippen molar-refractivity contribution >= 4 is 11.8 Å². The van der Waals surface area contributed by atoms with E-state index in [0.717, 1.165) is 11.1 Å². The number of hydrogen-bond donors (Lipinski definition) is 0. The van der Waals surface area contributed by atoms with E-state index in [9.17, 15) is 9.59 Å². The van der Waals surface area contributed by atoms with Gasteiger partial charge in [0.1, 0.15) is 6.10 Å². The van der Waals surface area contributed by atoms with Crippen LogP contribution in [0.2, 0.25) is 0 Å². The van der Waals surface area contributed by atoms with Gasteiger partial charge in [0, 0.05) is 10.6 Å². The maximum Gasteiger partial charge on any atom is 0.414 e. The maximum absolute atomic E-state index is 12.0. The fourth-order valence-electron chi connectivity index (χ4n) is 2.70. The minimum atomic E-state index is -0.470. The van der Waals surface area contributed by atoms with Crippen molar-refractivity contribution in [3.05, 3.63) is 69.2 Å². The van der Waals surface area contributed by atoms with Gasteiger partial charge in [-0.05, 0) is 40.9 Å². The van der Waals surface area contributed by atoms with Crippen molar-refractivity contribution in [1.82, 2.24) is 0 Å². The first kappa shape index (κ1) is 17.3. The molecule has 2 aromatic carbocycles. The number of nitrogens with zero attached hydrogens (tertiary/aromatic N) is 4. The summed E-state index contributed by atoms with van der Waals surface area (Å²) in [6.45, 7) is 0.435. The summed E-state index contributed by atoms with van der Waals surface area (Å²) in [5, 5.41) is 3.44. The summed E-state index contributed by atoms with van der Waals surface area (Å²) in [4.78, 5) is 27.9. The number of carbonyl (C=O) groups excluding carboxylic acids is 1. The second-order valence-corrected chi connectivity index (χ2v) is 5.63. The topological polar surface area (TPSA) is 105 Å². The number of amides is 1. The molecule has 0 saturated carbocycles. The van der Waals surface area contributed by atoms with Crippen LogP contribution in [0.25, 0.3) is 21.6 Å². The molecule has 1 atom stereocenters. The molecule has 26 heavy (non-hydrogen) atoms. The van der Waals surface area contributed by atoms with Gasteiger partial charge < -0.3 is 9.47 Å². The van der Waals surface area contributed by atoms with Crippen molar-refractivity contribution in [2.24, 2.45) is 5.11 Å². The van der Waals surface area contributed by atoms with Gasteiger partial charge in [-0.25, -0.2) is 4.79 Å². The molecule has 0 aromatic heterocycles. The van der Waals surface area contributed by atoms with Gasteiger partial charge in [-0.3, -0.25) is 9.69 Å². The number of carbonyl (C=O) groups is 1. The first-order valence-corrected chi connectivity index (χ1v) is 7.90. The van der Waals surface area contributed by atoms with Gasteiger partial charge in [-0.1, -0.05) is 29.4 Å². The van der Waals surface area contributed by atoms with Crippen LogP contribution in [0.1, 0.15) is 0 Å².